The molecular formula is C15H21F3O3. The Morgan fingerprint density at radius 3 is 2.38 bits per heavy atom. The molecule has 1 atom stereocenters. The first-order valence-electron chi connectivity index (χ1n) is 6.83. The maximum Gasteiger partial charge on any atom is 0.411 e. The third-order valence-corrected chi connectivity index (χ3v) is 3.11. The van der Waals surface area contributed by atoms with E-state index in [2.05, 4.69) is 4.74 Å². The third kappa shape index (κ3) is 7.92. The van der Waals surface area contributed by atoms with Gasteiger partial charge in [-0.05, 0) is 42.9 Å². The van der Waals surface area contributed by atoms with Gasteiger partial charge in [-0.1, -0.05) is 12.1 Å². The minimum atomic E-state index is -4.28. The van der Waals surface area contributed by atoms with Gasteiger partial charge in [0.2, 0.25) is 0 Å². The van der Waals surface area contributed by atoms with Gasteiger partial charge in [0.25, 0.3) is 0 Å². The average molecular weight is 306 g/mol. The number of methoxy groups -OCH3 is 1. The normalized spacial score (nSPS) is 13.2. The Kier molecular flexibility index (Phi) is 7.53. The van der Waals surface area contributed by atoms with Crippen LogP contribution in [0.4, 0.5) is 13.2 Å². The second kappa shape index (κ2) is 8.89. The summed E-state index contributed by atoms with van der Waals surface area (Å²) in [7, 11) is 1.59. The maximum absolute atomic E-state index is 11.9. The van der Waals surface area contributed by atoms with Crippen LogP contribution in [-0.2, 0) is 11.2 Å². The van der Waals surface area contributed by atoms with Gasteiger partial charge in [-0.3, -0.25) is 0 Å². The first-order chi connectivity index (χ1) is 9.94. The van der Waals surface area contributed by atoms with E-state index in [9.17, 15) is 18.3 Å². The van der Waals surface area contributed by atoms with Gasteiger partial charge in [-0.15, -0.1) is 0 Å². The molecule has 0 aliphatic heterocycles. The summed E-state index contributed by atoms with van der Waals surface area (Å²) in [5.74, 6) is 0.785. The van der Waals surface area contributed by atoms with Gasteiger partial charge in [0.15, 0.2) is 0 Å². The number of benzene rings is 1. The largest absolute Gasteiger partial charge is 0.497 e. The summed E-state index contributed by atoms with van der Waals surface area (Å²) in [5.41, 5.74) is 1.06. The number of hydrogen-bond donors (Lipinski definition) is 1. The van der Waals surface area contributed by atoms with Crippen molar-refractivity contribution in [2.45, 2.75) is 25.4 Å². The molecule has 0 fully saturated rings. The second-order valence-electron chi connectivity index (χ2n) is 4.91. The zero-order valence-electron chi connectivity index (χ0n) is 12.0. The molecule has 3 nitrogen and oxygen atoms in total. The van der Waals surface area contributed by atoms with Crippen molar-refractivity contribution in [2.24, 2.45) is 5.92 Å². The van der Waals surface area contributed by atoms with Crippen molar-refractivity contribution in [3.05, 3.63) is 29.8 Å². The van der Waals surface area contributed by atoms with Crippen LogP contribution in [-0.4, -0.2) is 38.2 Å². The molecule has 0 heterocycles. The van der Waals surface area contributed by atoms with Gasteiger partial charge >= 0.3 is 6.18 Å². The highest BCUT2D eigenvalue weighted by molar-refractivity contribution is 5.27. The van der Waals surface area contributed by atoms with Crippen LogP contribution in [0.25, 0.3) is 0 Å². The van der Waals surface area contributed by atoms with E-state index in [1.165, 1.54) is 0 Å². The molecule has 0 amide bonds. The predicted octanol–water partition coefficient (Wildman–Crippen LogP) is 3.21. The van der Waals surface area contributed by atoms with Gasteiger partial charge in [0.1, 0.15) is 12.4 Å². The van der Waals surface area contributed by atoms with Gasteiger partial charge in [0, 0.05) is 13.2 Å². The van der Waals surface area contributed by atoms with Gasteiger partial charge in [0.05, 0.1) is 7.11 Å². The Hall–Kier alpha value is -1.27. The Balaban J connectivity index is 2.27. The Morgan fingerprint density at radius 1 is 1.19 bits per heavy atom. The van der Waals surface area contributed by atoms with E-state index in [0.717, 1.165) is 11.3 Å². The minimum Gasteiger partial charge on any atom is -0.497 e. The van der Waals surface area contributed by atoms with E-state index in [0.29, 0.717) is 19.3 Å². The number of ether oxygens (including phenoxy) is 2. The molecular weight excluding hydrogens is 285 g/mol. The smallest absolute Gasteiger partial charge is 0.411 e. The van der Waals surface area contributed by atoms with Gasteiger partial charge in [-0.25, -0.2) is 0 Å². The lowest BCUT2D eigenvalue weighted by molar-refractivity contribution is -0.174. The van der Waals surface area contributed by atoms with Crippen molar-refractivity contribution in [2.75, 3.05) is 26.9 Å². The van der Waals surface area contributed by atoms with Crippen LogP contribution in [0, 0.1) is 5.92 Å². The summed E-state index contributed by atoms with van der Waals surface area (Å²) >= 11 is 0. The molecule has 0 radical (unpaired) electrons. The number of aliphatic hydroxyl groups excluding tert-OH is 1. The lowest BCUT2D eigenvalue weighted by atomic mass is 9.95. The topological polar surface area (TPSA) is 38.7 Å². The molecule has 0 aromatic heterocycles. The quantitative estimate of drug-likeness (QED) is 0.712. The molecule has 1 rings (SSSR count). The number of alkyl halides is 3. The van der Waals surface area contributed by atoms with E-state index in [1.807, 2.05) is 24.3 Å². The summed E-state index contributed by atoms with van der Waals surface area (Å²) in [6.45, 7) is -1.15. The highest BCUT2D eigenvalue weighted by Crippen LogP contribution is 2.18. The van der Waals surface area contributed by atoms with Crippen molar-refractivity contribution in [1.82, 2.24) is 0 Å². The van der Waals surface area contributed by atoms with Crippen LogP contribution in [0.3, 0.4) is 0 Å². The van der Waals surface area contributed by atoms with Crippen LogP contribution >= 0.6 is 0 Å². The maximum atomic E-state index is 11.9. The van der Waals surface area contributed by atoms with Crippen molar-refractivity contribution in [3.8, 4) is 5.75 Å². The van der Waals surface area contributed by atoms with Crippen molar-refractivity contribution < 1.29 is 27.8 Å². The Labute approximate surface area is 122 Å². The van der Waals surface area contributed by atoms with Gasteiger partial charge in [-0.2, -0.15) is 13.2 Å². The fraction of sp³-hybridized carbons (Fsp3) is 0.600. The van der Waals surface area contributed by atoms with Crippen LogP contribution in [0.2, 0.25) is 0 Å². The van der Waals surface area contributed by atoms with Crippen LogP contribution in [0.5, 0.6) is 5.75 Å². The molecule has 1 aromatic carbocycles. The number of hydrogen-bond acceptors (Lipinski definition) is 3. The zero-order chi connectivity index (χ0) is 15.7. The first kappa shape index (κ1) is 17.8. The van der Waals surface area contributed by atoms with Crippen molar-refractivity contribution in [3.63, 3.8) is 0 Å². The summed E-state index contributed by atoms with van der Waals surface area (Å²) in [6.07, 6.45) is -2.48. The molecule has 0 aliphatic carbocycles. The molecule has 0 saturated carbocycles. The molecule has 120 valence electrons. The predicted molar refractivity (Wildman–Crippen MR) is 73.4 cm³/mol. The second-order valence-corrected chi connectivity index (χ2v) is 4.91. The standard InChI is InChI=1S/C15H21F3O3/c1-20-14-6-4-12(5-7-14)9-13(10-19)3-2-8-21-11-15(16,17)18/h4-7,13,19H,2-3,8-11H2,1H3. The van der Waals surface area contributed by atoms with Crippen molar-refractivity contribution >= 4 is 0 Å². The lowest BCUT2D eigenvalue weighted by Crippen LogP contribution is -2.18. The highest BCUT2D eigenvalue weighted by atomic mass is 19.4. The molecule has 0 spiro atoms. The summed E-state index contributed by atoms with van der Waals surface area (Å²) in [6, 6.07) is 7.52. The monoisotopic (exact) mass is 306 g/mol. The van der Waals surface area contributed by atoms with Gasteiger partial charge < -0.3 is 14.6 Å². The van der Waals surface area contributed by atoms with E-state index in [1.54, 1.807) is 7.11 Å². The van der Waals surface area contributed by atoms with E-state index in [-0.39, 0.29) is 19.1 Å². The van der Waals surface area contributed by atoms with Crippen LogP contribution < -0.4 is 4.74 Å². The van der Waals surface area contributed by atoms with Crippen LogP contribution in [0.15, 0.2) is 24.3 Å². The summed E-state index contributed by atoms with van der Waals surface area (Å²) in [4.78, 5) is 0. The third-order valence-electron chi connectivity index (χ3n) is 3.11. The number of halogens is 3. The van der Waals surface area contributed by atoms with E-state index in [4.69, 9.17) is 4.74 Å². The van der Waals surface area contributed by atoms with Crippen LogP contribution in [0.1, 0.15) is 18.4 Å². The lowest BCUT2D eigenvalue weighted by Gasteiger charge is -2.15. The fourth-order valence-corrected chi connectivity index (χ4v) is 2.01. The van der Waals surface area contributed by atoms with E-state index >= 15 is 0 Å². The molecule has 0 aliphatic rings. The first-order valence-corrected chi connectivity index (χ1v) is 6.83. The number of aliphatic hydroxyl groups is 1. The fourth-order valence-electron chi connectivity index (χ4n) is 2.01. The molecule has 1 N–H and O–H groups in total. The summed E-state index contributed by atoms with van der Waals surface area (Å²) in [5, 5.41) is 9.33. The Bertz CT molecular complexity index is 390. The van der Waals surface area contributed by atoms with Crippen molar-refractivity contribution in [1.29, 1.82) is 0 Å². The Morgan fingerprint density at radius 2 is 1.86 bits per heavy atom. The number of rotatable bonds is 9. The summed E-state index contributed by atoms with van der Waals surface area (Å²) < 4.78 is 45.3. The minimum absolute atomic E-state index is 0.00526. The molecule has 1 aromatic rings. The molecule has 21 heavy (non-hydrogen) atoms. The van der Waals surface area contributed by atoms with E-state index < -0.39 is 12.8 Å². The molecule has 0 saturated heterocycles. The highest BCUT2D eigenvalue weighted by Gasteiger charge is 2.27. The average Bonchev–Trinajstić information content (AvgIpc) is 2.45. The zero-order valence-corrected chi connectivity index (χ0v) is 12.0. The molecule has 1 unspecified atom stereocenters. The molecule has 0 bridgehead atoms. The molecule has 6 heteroatoms. The SMILES string of the molecule is COc1ccc(CC(CO)CCCOCC(F)(F)F)cc1.